The van der Waals surface area contributed by atoms with E-state index in [-0.39, 0.29) is 11.3 Å². The number of anilines is 1. The Morgan fingerprint density at radius 2 is 2.05 bits per heavy atom. The van der Waals surface area contributed by atoms with Gasteiger partial charge in [-0.15, -0.1) is 0 Å². The van der Waals surface area contributed by atoms with E-state index in [0.29, 0.717) is 0 Å². The third-order valence-electron chi connectivity index (χ3n) is 4.58. The number of carbonyl (C=O) groups is 1. The standard InChI is InChI=1S/C17H21N3O/c1-11-6-4-7-14(10-11)17(8-5-9-17)16(21)18-15-12(2)19-20-13(15)3/h4,6-7,10H,5,8-9H2,1-3H3,(H,18,21)(H,19,20). The van der Waals surface area contributed by atoms with Crippen LogP contribution in [0.3, 0.4) is 0 Å². The Balaban J connectivity index is 1.91. The molecule has 1 aliphatic rings. The van der Waals surface area contributed by atoms with Gasteiger partial charge in [0, 0.05) is 0 Å². The summed E-state index contributed by atoms with van der Waals surface area (Å²) in [5, 5.41) is 10.1. The molecular formula is C17H21N3O. The maximum absolute atomic E-state index is 12.9. The molecule has 2 N–H and O–H groups in total. The Hall–Kier alpha value is -2.10. The Labute approximate surface area is 125 Å². The summed E-state index contributed by atoms with van der Waals surface area (Å²) >= 11 is 0. The van der Waals surface area contributed by atoms with Crippen LogP contribution in [0.4, 0.5) is 5.69 Å². The molecule has 1 aliphatic carbocycles. The molecular weight excluding hydrogens is 262 g/mol. The number of aromatic amines is 1. The van der Waals surface area contributed by atoms with E-state index in [4.69, 9.17) is 0 Å². The lowest BCUT2D eigenvalue weighted by Gasteiger charge is -2.40. The van der Waals surface area contributed by atoms with Crippen LogP contribution in [0.1, 0.15) is 41.8 Å². The van der Waals surface area contributed by atoms with E-state index in [1.54, 1.807) is 0 Å². The molecule has 0 bridgehead atoms. The van der Waals surface area contributed by atoms with Crippen molar-refractivity contribution in [3.05, 3.63) is 46.8 Å². The highest BCUT2D eigenvalue weighted by Gasteiger charge is 2.45. The Morgan fingerprint density at radius 3 is 2.57 bits per heavy atom. The number of nitrogens with one attached hydrogen (secondary N) is 2. The number of nitrogens with zero attached hydrogens (tertiary/aromatic N) is 1. The minimum absolute atomic E-state index is 0.0898. The largest absolute Gasteiger partial charge is 0.322 e. The first kappa shape index (κ1) is 13.9. The van der Waals surface area contributed by atoms with Crippen molar-refractivity contribution in [2.75, 3.05) is 5.32 Å². The average Bonchev–Trinajstić information content (AvgIpc) is 2.69. The summed E-state index contributed by atoms with van der Waals surface area (Å²) in [5.41, 5.74) is 4.51. The summed E-state index contributed by atoms with van der Waals surface area (Å²) in [6.45, 7) is 5.90. The van der Waals surface area contributed by atoms with Crippen molar-refractivity contribution < 1.29 is 4.79 Å². The molecule has 1 aromatic heterocycles. The highest BCUT2D eigenvalue weighted by atomic mass is 16.2. The molecule has 3 rings (SSSR count). The maximum atomic E-state index is 12.9. The lowest BCUT2D eigenvalue weighted by atomic mass is 9.63. The first-order valence-corrected chi connectivity index (χ1v) is 7.43. The van der Waals surface area contributed by atoms with Crippen LogP contribution < -0.4 is 5.32 Å². The lowest BCUT2D eigenvalue weighted by molar-refractivity contribution is -0.124. The number of amides is 1. The molecule has 1 heterocycles. The molecule has 1 aromatic carbocycles. The van der Waals surface area contributed by atoms with Crippen molar-refractivity contribution in [3.63, 3.8) is 0 Å². The highest BCUT2D eigenvalue weighted by molar-refractivity contribution is 6.00. The van der Waals surface area contributed by atoms with Gasteiger partial charge in [0.1, 0.15) is 0 Å². The van der Waals surface area contributed by atoms with Crippen molar-refractivity contribution in [2.24, 2.45) is 0 Å². The van der Waals surface area contributed by atoms with Gasteiger partial charge in [0.25, 0.3) is 0 Å². The van der Waals surface area contributed by atoms with E-state index in [1.165, 1.54) is 5.56 Å². The summed E-state index contributed by atoms with van der Waals surface area (Å²) in [4.78, 5) is 12.9. The number of rotatable bonds is 3. The summed E-state index contributed by atoms with van der Waals surface area (Å²) < 4.78 is 0. The van der Waals surface area contributed by atoms with E-state index in [0.717, 1.165) is 41.9 Å². The van der Waals surface area contributed by atoms with E-state index >= 15 is 0 Å². The van der Waals surface area contributed by atoms with Gasteiger partial charge in [-0.2, -0.15) is 5.10 Å². The Morgan fingerprint density at radius 1 is 1.29 bits per heavy atom. The Bertz CT molecular complexity index is 664. The van der Waals surface area contributed by atoms with Crippen molar-refractivity contribution in [1.29, 1.82) is 0 Å². The topological polar surface area (TPSA) is 57.8 Å². The quantitative estimate of drug-likeness (QED) is 0.907. The fraction of sp³-hybridized carbons (Fsp3) is 0.412. The Kier molecular flexibility index (Phi) is 3.32. The van der Waals surface area contributed by atoms with Crippen LogP contribution >= 0.6 is 0 Å². The van der Waals surface area contributed by atoms with Crippen molar-refractivity contribution >= 4 is 11.6 Å². The summed E-state index contributed by atoms with van der Waals surface area (Å²) in [6, 6.07) is 8.30. The molecule has 0 radical (unpaired) electrons. The van der Waals surface area contributed by atoms with Gasteiger partial charge in [-0.25, -0.2) is 0 Å². The molecule has 0 saturated heterocycles. The van der Waals surface area contributed by atoms with Gasteiger partial charge in [0.15, 0.2) is 0 Å². The molecule has 0 spiro atoms. The van der Waals surface area contributed by atoms with Crippen molar-refractivity contribution in [1.82, 2.24) is 10.2 Å². The first-order chi connectivity index (χ1) is 10.0. The van der Waals surface area contributed by atoms with Crippen molar-refractivity contribution in [2.45, 2.75) is 45.4 Å². The van der Waals surface area contributed by atoms with E-state index < -0.39 is 0 Å². The molecule has 1 amide bonds. The zero-order chi connectivity index (χ0) is 15.0. The molecule has 2 aromatic rings. The number of benzene rings is 1. The monoisotopic (exact) mass is 283 g/mol. The molecule has 4 heteroatoms. The minimum atomic E-state index is -0.373. The number of H-pyrrole nitrogens is 1. The van der Waals surface area contributed by atoms with Gasteiger partial charge < -0.3 is 5.32 Å². The maximum Gasteiger partial charge on any atom is 0.235 e. The van der Waals surface area contributed by atoms with Crippen LogP contribution in [0.5, 0.6) is 0 Å². The normalized spacial score (nSPS) is 16.3. The van der Waals surface area contributed by atoms with Gasteiger partial charge in [0.2, 0.25) is 5.91 Å². The predicted molar refractivity (Wildman–Crippen MR) is 83.4 cm³/mol. The SMILES string of the molecule is Cc1cccc(C2(C(=O)Nc3c(C)n[nH]c3C)CCC2)c1. The summed E-state index contributed by atoms with van der Waals surface area (Å²) in [6.07, 6.45) is 2.93. The predicted octanol–water partition coefficient (Wildman–Crippen LogP) is 3.40. The summed E-state index contributed by atoms with van der Waals surface area (Å²) in [7, 11) is 0. The smallest absolute Gasteiger partial charge is 0.235 e. The number of aryl methyl sites for hydroxylation is 3. The molecule has 4 nitrogen and oxygen atoms in total. The average molecular weight is 283 g/mol. The second-order valence-corrected chi connectivity index (χ2v) is 6.07. The second-order valence-electron chi connectivity index (χ2n) is 6.07. The minimum Gasteiger partial charge on any atom is -0.322 e. The van der Waals surface area contributed by atoms with Gasteiger partial charge in [0.05, 0.1) is 22.5 Å². The zero-order valence-corrected chi connectivity index (χ0v) is 12.8. The number of aromatic nitrogens is 2. The van der Waals surface area contributed by atoms with Crippen LogP contribution in [0, 0.1) is 20.8 Å². The van der Waals surface area contributed by atoms with E-state index in [2.05, 4.69) is 40.6 Å². The fourth-order valence-corrected chi connectivity index (χ4v) is 3.09. The zero-order valence-electron chi connectivity index (χ0n) is 12.8. The van der Waals surface area contributed by atoms with Crippen molar-refractivity contribution in [3.8, 4) is 0 Å². The molecule has 110 valence electrons. The molecule has 0 aliphatic heterocycles. The van der Waals surface area contributed by atoms with Gasteiger partial charge in [-0.1, -0.05) is 36.2 Å². The molecule has 1 fully saturated rings. The molecule has 0 unspecified atom stereocenters. The van der Waals surface area contributed by atoms with Crippen LogP contribution in [0.25, 0.3) is 0 Å². The lowest BCUT2D eigenvalue weighted by Crippen LogP contribution is -2.46. The van der Waals surface area contributed by atoms with Crippen LogP contribution in [0.2, 0.25) is 0 Å². The molecule has 1 saturated carbocycles. The fourth-order valence-electron chi connectivity index (χ4n) is 3.09. The number of hydrogen-bond donors (Lipinski definition) is 2. The van der Waals surface area contributed by atoms with E-state index in [1.807, 2.05) is 19.9 Å². The summed E-state index contributed by atoms with van der Waals surface area (Å²) in [5.74, 6) is 0.0898. The number of carbonyl (C=O) groups excluding carboxylic acids is 1. The van der Waals surface area contributed by atoms with Crippen LogP contribution in [-0.4, -0.2) is 16.1 Å². The molecule has 0 atom stereocenters. The van der Waals surface area contributed by atoms with Crippen LogP contribution in [0.15, 0.2) is 24.3 Å². The number of hydrogen-bond acceptors (Lipinski definition) is 2. The van der Waals surface area contributed by atoms with E-state index in [9.17, 15) is 4.79 Å². The van der Waals surface area contributed by atoms with Gasteiger partial charge in [-0.05, 0) is 39.2 Å². The highest BCUT2D eigenvalue weighted by Crippen LogP contribution is 2.45. The second kappa shape index (κ2) is 5.02. The first-order valence-electron chi connectivity index (χ1n) is 7.43. The van der Waals surface area contributed by atoms with Gasteiger partial charge >= 0.3 is 0 Å². The van der Waals surface area contributed by atoms with Crippen LogP contribution in [-0.2, 0) is 10.2 Å². The molecule has 21 heavy (non-hydrogen) atoms. The third-order valence-corrected chi connectivity index (χ3v) is 4.58. The third kappa shape index (κ3) is 2.24. The van der Waals surface area contributed by atoms with Gasteiger partial charge in [-0.3, -0.25) is 9.89 Å².